The quantitative estimate of drug-likeness (QED) is 0.190. The molecule has 0 saturated carbocycles. The lowest BCUT2D eigenvalue weighted by Crippen LogP contribution is -2.29. The summed E-state index contributed by atoms with van der Waals surface area (Å²) in [4.78, 5) is 38.5. The average Bonchev–Trinajstić information content (AvgIpc) is 3.06. The third kappa shape index (κ3) is 7.25. The van der Waals surface area contributed by atoms with Crippen LogP contribution in [0.15, 0.2) is 57.9 Å². The Balaban J connectivity index is 1.44. The molecule has 1 aliphatic heterocycles. The summed E-state index contributed by atoms with van der Waals surface area (Å²) in [5.41, 5.74) is 2.02. The van der Waals surface area contributed by atoms with Crippen LogP contribution in [0.1, 0.15) is 41.6 Å². The number of nitrogens with zero attached hydrogens (tertiary/aromatic N) is 1. The predicted octanol–water partition coefficient (Wildman–Crippen LogP) is 5.64. The highest BCUT2D eigenvalue weighted by Crippen LogP contribution is 2.32. The molecule has 1 heterocycles. The lowest BCUT2D eigenvalue weighted by Gasteiger charge is -2.14. The van der Waals surface area contributed by atoms with Gasteiger partial charge < -0.3 is 10.1 Å². The number of ether oxygens (including phenoxy) is 1. The van der Waals surface area contributed by atoms with Gasteiger partial charge in [0.1, 0.15) is 4.32 Å². The molecule has 0 aliphatic carbocycles. The van der Waals surface area contributed by atoms with Crippen LogP contribution in [-0.4, -0.2) is 40.7 Å². The van der Waals surface area contributed by atoms with E-state index in [1.165, 1.54) is 18.9 Å². The molecule has 0 atom stereocenters. The molecular formula is C24H23BrN2O4S2. The highest BCUT2D eigenvalue weighted by molar-refractivity contribution is 9.10. The van der Waals surface area contributed by atoms with Crippen LogP contribution in [0.4, 0.5) is 5.69 Å². The Labute approximate surface area is 210 Å². The van der Waals surface area contributed by atoms with Gasteiger partial charge in [0.15, 0.2) is 0 Å². The first-order valence-corrected chi connectivity index (χ1v) is 12.4. The number of methoxy groups -OCH3 is 1. The fraction of sp³-hybridized carbons (Fsp3) is 0.250. The van der Waals surface area contributed by atoms with E-state index in [1.54, 1.807) is 35.2 Å². The van der Waals surface area contributed by atoms with E-state index in [9.17, 15) is 14.4 Å². The van der Waals surface area contributed by atoms with Gasteiger partial charge in [-0.1, -0.05) is 64.5 Å². The minimum atomic E-state index is -0.404. The number of unbranched alkanes of at least 4 members (excludes halogenated alkanes) is 2. The van der Waals surface area contributed by atoms with Crippen LogP contribution in [0, 0.1) is 0 Å². The van der Waals surface area contributed by atoms with Crippen molar-refractivity contribution < 1.29 is 19.1 Å². The normalized spacial score (nSPS) is 14.6. The standard InChI is InChI=1S/C24H23BrN2O4S2/c1-31-23(30)17-11-9-16(10-12-17)14-20-22(29)27(24(32)33-20)13-4-2-3-8-21(28)26-19-7-5-6-18(25)15-19/h5-7,9-12,14-15H,2-4,8,13H2,1H3,(H,26,28). The largest absolute Gasteiger partial charge is 0.465 e. The minimum absolute atomic E-state index is 0.0279. The van der Waals surface area contributed by atoms with Gasteiger partial charge in [0, 0.05) is 23.1 Å². The lowest BCUT2D eigenvalue weighted by molar-refractivity contribution is -0.122. The molecule has 0 aromatic heterocycles. The Bertz CT molecular complexity index is 1090. The monoisotopic (exact) mass is 546 g/mol. The van der Waals surface area contributed by atoms with Crippen LogP contribution in [0.2, 0.25) is 0 Å². The summed E-state index contributed by atoms with van der Waals surface area (Å²) in [7, 11) is 1.33. The molecule has 33 heavy (non-hydrogen) atoms. The van der Waals surface area contributed by atoms with Gasteiger partial charge in [-0.15, -0.1) is 0 Å². The number of amides is 2. The molecule has 2 amide bonds. The molecule has 1 aliphatic rings. The number of esters is 1. The van der Waals surface area contributed by atoms with Crippen molar-refractivity contribution in [2.75, 3.05) is 19.0 Å². The number of benzene rings is 2. The maximum atomic E-state index is 12.8. The van der Waals surface area contributed by atoms with Gasteiger partial charge >= 0.3 is 5.97 Å². The Morgan fingerprint density at radius 2 is 1.91 bits per heavy atom. The summed E-state index contributed by atoms with van der Waals surface area (Å²) in [6.07, 6.45) is 4.50. The number of hydrogen-bond acceptors (Lipinski definition) is 6. The van der Waals surface area contributed by atoms with Gasteiger partial charge in [0.25, 0.3) is 5.91 Å². The molecule has 1 saturated heterocycles. The lowest BCUT2D eigenvalue weighted by atomic mass is 10.1. The van der Waals surface area contributed by atoms with E-state index in [1.807, 2.05) is 24.3 Å². The van der Waals surface area contributed by atoms with E-state index >= 15 is 0 Å². The van der Waals surface area contributed by atoms with E-state index in [0.717, 1.165) is 35.0 Å². The van der Waals surface area contributed by atoms with Gasteiger partial charge in [-0.2, -0.15) is 0 Å². The van der Waals surface area contributed by atoms with Crippen molar-refractivity contribution >= 4 is 73.8 Å². The third-order valence-corrected chi connectivity index (χ3v) is 6.77. The molecule has 0 bridgehead atoms. The molecule has 2 aromatic carbocycles. The van der Waals surface area contributed by atoms with E-state index in [2.05, 4.69) is 21.2 Å². The second kappa shape index (κ2) is 12.1. The van der Waals surface area contributed by atoms with Crippen LogP contribution in [0.3, 0.4) is 0 Å². The molecule has 0 radical (unpaired) electrons. The highest BCUT2D eigenvalue weighted by atomic mass is 79.9. The number of carbonyl (C=O) groups is 3. The van der Waals surface area contributed by atoms with Gasteiger partial charge in [0.05, 0.1) is 17.6 Å². The maximum absolute atomic E-state index is 12.8. The fourth-order valence-corrected chi connectivity index (χ4v) is 4.91. The van der Waals surface area contributed by atoms with Crippen molar-refractivity contribution in [3.05, 3.63) is 69.0 Å². The number of carbonyl (C=O) groups excluding carboxylic acids is 3. The molecule has 9 heteroatoms. The number of anilines is 1. The topological polar surface area (TPSA) is 75.7 Å². The van der Waals surface area contributed by atoms with Gasteiger partial charge in [-0.05, 0) is 54.8 Å². The molecule has 0 unspecified atom stereocenters. The van der Waals surface area contributed by atoms with Crippen molar-refractivity contribution in [3.8, 4) is 0 Å². The zero-order chi connectivity index (χ0) is 23.8. The van der Waals surface area contributed by atoms with Crippen molar-refractivity contribution in [2.45, 2.75) is 25.7 Å². The Morgan fingerprint density at radius 3 is 2.61 bits per heavy atom. The number of thiocarbonyl (C=S) groups is 1. The first-order chi connectivity index (χ1) is 15.9. The van der Waals surface area contributed by atoms with Crippen molar-refractivity contribution in [3.63, 3.8) is 0 Å². The van der Waals surface area contributed by atoms with Crippen molar-refractivity contribution in [1.82, 2.24) is 4.90 Å². The second-order valence-corrected chi connectivity index (χ2v) is 9.91. The van der Waals surface area contributed by atoms with Crippen molar-refractivity contribution in [2.24, 2.45) is 0 Å². The van der Waals surface area contributed by atoms with E-state index in [4.69, 9.17) is 17.0 Å². The van der Waals surface area contributed by atoms with E-state index < -0.39 is 5.97 Å². The minimum Gasteiger partial charge on any atom is -0.465 e. The SMILES string of the molecule is COC(=O)c1ccc(C=C2SC(=S)N(CCCCCC(=O)Nc3cccc(Br)c3)C2=O)cc1. The van der Waals surface area contributed by atoms with Crippen LogP contribution in [0.5, 0.6) is 0 Å². The van der Waals surface area contributed by atoms with E-state index in [0.29, 0.717) is 27.8 Å². The molecular weight excluding hydrogens is 524 g/mol. The Kier molecular flexibility index (Phi) is 9.22. The number of hydrogen-bond donors (Lipinski definition) is 1. The number of halogens is 1. The number of rotatable bonds is 9. The fourth-order valence-electron chi connectivity index (χ4n) is 3.20. The summed E-state index contributed by atoms with van der Waals surface area (Å²) >= 11 is 10.0. The van der Waals surface area contributed by atoms with Crippen molar-refractivity contribution in [1.29, 1.82) is 0 Å². The Morgan fingerprint density at radius 1 is 1.15 bits per heavy atom. The summed E-state index contributed by atoms with van der Waals surface area (Å²) in [5.74, 6) is -0.548. The van der Waals surface area contributed by atoms with Crippen LogP contribution < -0.4 is 5.32 Å². The molecule has 1 N–H and O–H groups in total. The molecule has 172 valence electrons. The summed E-state index contributed by atoms with van der Waals surface area (Å²) in [6, 6.07) is 14.3. The Hall–Kier alpha value is -2.49. The summed E-state index contributed by atoms with van der Waals surface area (Å²) < 4.78 is 6.14. The zero-order valence-corrected chi connectivity index (χ0v) is 21.2. The number of nitrogens with one attached hydrogen (secondary N) is 1. The average molecular weight is 547 g/mol. The first-order valence-electron chi connectivity index (χ1n) is 10.4. The molecule has 0 spiro atoms. The molecule has 3 rings (SSSR count). The second-order valence-electron chi connectivity index (χ2n) is 7.32. The van der Waals surface area contributed by atoms with Gasteiger partial charge in [-0.3, -0.25) is 14.5 Å². The van der Waals surface area contributed by atoms with Crippen LogP contribution in [0.25, 0.3) is 6.08 Å². The maximum Gasteiger partial charge on any atom is 0.337 e. The first kappa shape index (κ1) is 25.1. The smallest absolute Gasteiger partial charge is 0.337 e. The van der Waals surface area contributed by atoms with Gasteiger partial charge in [-0.25, -0.2) is 4.79 Å². The van der Waals surface area contributed by atoms with Gasteiger partial charge in [0.2, 0.25) is 5.91 Å². The predicted molar refractivity (Wildman–Crippen MR) is 139 cm³/mol. The molecule has 6 nitrogen and oxygen atoms in total. The summed E-state index contributed by atoms with van der Waals surface area (Å²) in [6.45, 7) is 0.524. The van der Waals surface area contributed by atoms with Crippen LogP contribution in [-0.2, 0) is 14.3 Å². The third-order valence-electron chi connectivity index (χ3n) is 4.90. The summed E-state index contributed by atoms with van der Waals surface area (Å²) in [5, 5.41) is 2.88. The zero-order valence-electron chi connectivity index (χ0n) is 18.0. The van der Waals surface area contributed by atoms with E-state index in [-0.39, 0.29) is 11.8 Å². The molecule has 1 fully saturated rings. The molecule has 2 aromatic rings. The highest BCUT2D eigenvalue weighted by Gasteiger charge is 2.31. The number of thioether (sulfide) groups is 1. The van der Waals surface area contributed by atoms with Crippen LogP contribution >= 0.6 is 39.9 Å².